The van der Waals surface area contributed by atoms with Gasteiger partial charge in [0.05, 0.1) is 0 Å². The first-order chi connectivity index (χ1) is 1.73. The molecule has 0 atom stereocenters. The molecule has 0 aliphatic heterocycles. The van der Waals surface area contributed by atoms with Gasteiger partial charge in [0.15, 0.2) is 0 Å². The van der Waals surface area contributed by atoms with E-state index in [1.165, 1.54) is 0 Å². The normalized spacial score (nSPS) is 2.40. The van der Waals surface area contributed by atoms with Crippen molar-refractivity contribution in [1.29, 1.82) is 0 Å². The molecule has 66 valence electrons. The summed E-state index contributed by atoms with van der Waals surface area (Å²) >= 11 is 0. The third-order valence-corrected chi connectivity index (χ3v) is 0. The van der Waals surface area contributed by atoms with Crippen LogP contribution in [0.2, 0.25) is 0 Å². The summed E-state index contributed by atoms with van der Waals surface area (Å²) in [5.74, 6) is 0. The standard InChI is InChI=1S/Cr.O3Si.4H2O.Pb/c;1-4(2)3;;;;;/h;;4*1H2;/q;-2;;;;;/p-2. The maximum absolute atomic E-state index is 8.52. The molecule has 10 heavy (non-hydrogen) atoms. The van der Waals surface area contributed by atoms with Gasteiger partial charge in [0.1, 0.15) is 0 Å². The van der Waals surface area contributed by atoms with Crippen LogP contribution in [0.4, 0.5) is 0 Å². The SMILES string of the molecule is O.O.O=[Si]([O-])[O-].[Cr].[OH-].[OH-].[Pb]. The molecule has 10 heteroatoms. The van der Waals surface area contributed by atoms with Crippen molar-refractivity contribution in [3.8, 4) is 0 Å². The Labute approximate surface area is 89.5 Å². The van der Waals surface area contributed by atoms with Crippen LogP contribution in [0.15, 0.2) is 0 Å². The minimum absolute atomic E-state index is 0. The molecule has 7 nitrogen and oxygen atoms in total. The van der Waals surface area contributed by atoms with Crippen molar-refractivity contribution in [3.05, 3.63) is 0 Å². The summed E-state index contributed by atoms with van der Waals surface area (Å²) in [7, 11) is -3.63. The summed E-state index contributed by atoms with van der Waals surface area (Å²) in [6.45, 7) is 0. The van der Waals surface area contributed by atoms with E-state index in [-0.39, 0.29) is 66.6 Å². The second-order valence-corrected chi connectivity index (χ2v) is 0.750. The van der Waals surface area contributed by atoms with Crippen molar-refractivity contribution in [2.75, 3.05) is 0 Å². The molecule has 0 rings (SSSR count). The predicted molar refractivity (Wildman–Crippen MR) is 23.3 cm³/mol. The van der Waals surface area contributed by atoms with E-state index in [0.29, 0.717) is 0 Å². The minimum atomic E-state index is -3.63. The van der Waals surface area contributed by atoms with Gasteiger partial charge in [0, 0.05) is 53.8 Å². The van der Waals surface area contributed by atoms with Crippen LogP contribution in [-0.4, -0.2) is 58.4 Å². The Morgan fingerprint density at radius 1 is 1.00 bits per heavy atom. The average molecular weight is 405 g/mol. The van der Waals surface area contributed by atoms with E-state index in [2.05, 4.69) is 0 Å². The molecule has 0 fully saturated rings. The van der Waals surface area contributed by atoms with Crippen LogP contribution in [0.1, 0.15) is 0 Å². The van der Waals surface area contributed by atoms with Gasteiger partial charge in [0.2, 0.25) is 0 Å². The monoisotopic (exact) mass is 406 g/mol. The number of hydrogen-bond acceptors (Lipinski definition) is 5. The zero-order chi connectivity index (χ0) is 3.58. The smallest absolute Gasteiger partial charge is 0.0172 e. The second-order valence-electron chi connectivity index (χ2n) is 0.250. The largest absolute Gasteiger partial charge is 0.870 e. The zero-order valence-electron chi connectivity index (χ0n) is 4.53. The summed E-state index contributed by atoms with van der Waals surface area (Å²) in [5, 5.41) is 0. The van der Waals surface area contributed by atoms with Gasteiger partial charge in [-0.3, -0.25) is 0 Å². The Kier molecular flexibility index (Phi) is 360. The Morgan fingerprint density at radius 3 is 1.00 bits per heavy atom. The van der Waals surface area contributed by atoms with Gasteiger partial charge in [-0.05, 0) is 0 Å². The van der Waals surface area contributed by atoms with Crippen molar-refractivity contribution in [3.63, 3.8) is 0 Å². The van der Waals surface area contributed by atoms with Crippen molar-refractivity contribution in [1.82, 2.24) is 0 Å². The van der Waals surface area contributed by atoms with Gasteiger partial charge in [-0.15, -0.1) is 0 Å². The minimum Gasteiger partial charge on any atom is -0.870 e. The molecule has 0 saturated carbocycles. The van der Waals surface area contributed by atoms with Crippen LogP contribution < -0.4 is 9.59 Å². The molecule has 0 unspecified atom stereocenters. The van der Waals surface area contributed by atoms with Crippen molar-refractivity contribution < 1.29 is 53.3 Å². The summed E-state index contributed by atoms with van der Waals surface area (Å²) < 4.78 is 8.52. The maximum atomic E-state index is 8.52. The van der Waals surface area contributed by atoms with Gasteiger partial charge in [-0.1, -0.05) is 0 Å². The summed E-state index contributed by atoms with van der Waals surface area (Å²) in [4.78, 5) is 17.0. The van der Waals surface area contributed by atoms with Gasteiger partial charge >= 0.3 is 0 Å². The van der Waals surface area contributed by atoms with Gasteiger partial charge < -0.3 is 36.0 Å². The predicted octanol–water partition coefficient (Wildman–Crippen LogP) is -5.26. The molecule has 0 aromatic carbocycles. The molecule has 0 bridgehead atoms. The molecule has 0 saturated heterocycles. The molecule has 0 aromatic heterocycles. The van der Waals surface area contributed by atoms with Crippen LogP contribution in [0.25, 0.3) is 0 Å². The molecule has 0 spiro atoms. The Hall–Kier alpha value is 0.911. The fourth-order valence-electron chi connectivity index (χ4n) is 0. The van der Waals surface area contributed by atoms with Crippen LogP contribution in [0.5, 0.6) is 0 Å². The Bertz CT molecular complexity index is 36.6. The van der Waals surface area contributed by atoms with Gasteiger partial charge in [0.25, 0.3) is 0 Å². The van der Waals surface area contributed by atoms with Crippen molar-refractivity contribution >= 4 is 36.5 Å². The van der Waals surface area contributed by atoms with E-state index < -0.39 is 9.17 Å². The zero-order valence-corrected chi connectivity index (χ0v) is 10.7. The quantitative estimate of drug-likeness (QED) is 0.364. The molecule has 6 N–H and O–H groups in total. The van der Waals surface area contributed by atoms with Gasteiger partial charge in [-0.25, -0.2) is 0 Å². The van der Waals surface area contributed by atoms with E-state index in [1.54, 1.807) is 0 Å². The number of rotatable bonds is 0. The molecule has 0 amide bonds. The van der Waals surface area contributed by atoms with E-state index in [4.69, 9.17) is 14.1 Å². The molecular formula is H6CrO7PbSi-4. The summed E-state index contributed by atoms with van der Waals surface area (Å²) in [6.07, 6.45) is 0. The third-order valence-electron chi connectivity index (χ3n) is 0. The molecule has 0 aromatic rings. The molecule has 4 radical (unpaired) electrons. The summed E-state index contributed by atoms with van der Waals surface area (Å²) in [5.41, 5.74) is 0. The second kappa shape index (κ2) is 51.4. The fraction of sp³-hybridized carbons (Fsp3) is 0. The van der Waals surface area contributed by atoms with E-state index in [0.717, 1.165) is 0 Å². The molecule has 0 aliphatic rings. The first-order valence-corrected chi connectivity index (χ1v) is 1.84. The van der Waals surface area contributed by atoms with Crippen molar-refractivity contribution in [2.45, 2.75) is 0 Å². The number of hydrogen-bond donors (Lipinski definition) is 0. The van der Waals surface area contributed by atoms with E-state index in [9.17, 15) is 0 Å². The van der Waals surface area contributed by atoms with E-state index >= 15 is 0 Å². The molecule has 0 heterocycles. The van der Waals surface area contributed by atoms with Crippen LogP contribution in [-0.2, 0) is 21.8 Å². The van der Waals surface area contributed by atoms with Gasteiger partial charge in [-0.2, -0.15) is 0 Å². The Balaban J connectivity index is -0.00000000300. The first kappa shape index (κ1) is 70.1. The first-order valence-electron chi connectivity index (χ1n) is 0.612. The van der Waals surface area contributed by atoms with Crippen LogP contribution in [0.3, 0.4) is 0 Å². The molecule has 0 aliphatic carbocycles. The average Bonchev–Trinajstić information content (AvgIpc) is 0.811. The summed E-state index contributed by atoms with van der Waals surface area (Å²) in [6, 6.07) is 0. The third kappa shape index (κ3) is 671. The van der Waals surface area contributed by atoms with Crippen LogP contribution >= 0.6 is 0 Å². The van der Waals surface area contributed by atoms with Crippen molar-refractivity contribution in [2.24, 2.45) is 0 Å². The fourth-order valence-corrected chi connectivity index (χ4v) is 0. The molecular weight excluding hydrogens is 399 g/mol. The topological polar surface area (TPSA) is 186 Å². The Morgan fingerprint density at radius 2 is 1.00 bits per heavy atom. The maximum Gasteiger partial charge on any atom is 0.0172 e. The van der Waals surface area contributed by atoms with Crippen LogP contribution in [0, 0.1) is 0 Å². The van der Waals surface area contributed by atoms with E-state index in [1.807, 2.05) is 0 Å².